The van der Waals surface area contributed by atoms with E-state index >= 15 is 0 Å². The van der Waals surface area contributed by atoms with Crippen LogP contribution in [-0.2, 0) is 0 Å². The second-order valence-electron chi connectivity index (χ2n) is 4.89. The van der Waals surface area contributed by atoms with Crippen LogP contribution in [0.3, 0.4) is 0 Å². The Bertz CT molecular complexity index is 757. The van der Waals surface area contributed by atoms with Gasteiger partial charge in [0.2, 0.25) is 0 Å². The molecule has 7 nitrogen and oxygen atoms in total. The molecule has 1 heterocycles. The molecule has 0 bridgehead atoms. The average molecular weight is 300 g/mol. The van der Waals surface area contributed by atoms with E-state index in [-0.39, 0.29) is 11.6 Å². The number of benzene rings is 2. The van der Waals surface area contributed by atoms with E-state index in [0.29, 0.717) is 22.6 Å². The first-order valence-electron chi connectivity index (χ1n) is 6.49. The maximum atomic E-state index is 12.0. The third-order valence-electron chi connectivity index (χ3n) is 3.50. The quantitative estimate of drug-likeness (QED) is 0.694. The Labute approximate surface area is 125 Å². The molecule has 2 aromatic rings. The van der Waals surface area contributed by atoms with Gasteiger partial charge in [0.25, 0.3) is 11.6 Å². The Hall–Kier alpha value is -2.93. The molecule has 0 saturated carbocycles. The number of hydrogen-bond acceptors (Lipinski definition) is 5. The minimum Gasteiger partial charge on any atom is -0.457 e. The Morgan fingerprint density at radius 3 is 2.45 bits per heavy atom. The van der Waals surface area contributed by atoms with Crippen LogP contribution in [0.15, 0.2) is 42.5 Å². The summed E-state index contributed by atoms with van der Waals surface area (Å²) >= 11 is 0. The number of rotatable bonds is 3. The normalized spacial score (nSPS) is 16.5. The lowest BCUT2D eigenvalue weighted by atomic mass is 10.1. The molecule has 1 aliphatic heterocycles. The predicted molar refractivity (Wildman–Crippen MR) is 76.7 cm³/mol. The molecule has 0 fully saturated rings. The highest BCUT2D eigenvalue weighted by atomic mass is 16.6. The number of fused-ring (bicyclic) bond motifs is 1. The van der Waals surface area contributed by atoms with Crippen LogP contribution in [0.5, 0.6) is 11.5 Å². The molecule has 1 amide bonds. The Kier molecular flexibility index (Phi) is 3.26. The van der Waals surface area contributed by atoms with Crippen molar-refractivity contribution >= 4 is 11.6 Å². The molecule has 22 heavy (non-hydrogen) atoms. The third-order valence-corrected chi connectivity index (χ3v) is 3.50. The van der Waals surface area contributed by atoms with Crippen molar-refractivity contribution in [1.82, 2.24) is 4.90 Å². The van der Waals surface area contributed by atoms with Crippen molar-refractivity contribution in [2.24, 2.45) is 0 Å². The fourth-order valence-corrected chi connectivity index (χ4v) is 2.29. The van der Waals surface area contributed by atoms with Crippen molar-refractivity contribution in [3.63, 3.8) is 0 Å². The summed E-state index contributed by atoms with van der Waals surface area (Å²) in [6, 6.07) is 10.4. The summed E-state index contributed by atoms with van der Waals surface area (Å²) in [4.78, 5) is 23.3. The minimum atomic E-state index is -0.948. The third kappa shape index (κ3) is 2.27. The number of carbonyl (C=O) groups is 1. The molecule has 1 unspecified atom stereocenters. The predicted octanol–water partition coefficient (Wildman–Crippen LogP) is 2.46. The summed E-state index contributed by atoms with van der Waals surface area (Å²) in [5, 5.41) is 20.5. The van der Waals surface area contributed by atoms with Crippen molar-refractivity contribution in [1.29, 1.82) is 0 Å². The van der Waals surface area contributed by atoms with Crippen LogP contribution in [0.2, 0.25) is 0 Å². The molecule has 2 aromatic carbocycles. The van der Waals surface area contributed by atoms with Gasteiger partial charge in [-0.1, -0.05) is 6.07 Å². The van der Waals surface area contributed by atoms with E-state index in [4.69, 9.17) is 4.74 Å². The zero-order valence-electron chi connectivity index (χ0n) is 11.6. The van der Waals surface area contributed by atoms with Gasteiger partial charge in [-0.3, -0.25) is 14.9 Å². The van der Waals surface area contributed by atoms with Gasteiger partial charge < -0.3 is 14.7 Å². The van der Waals surface area contributed by atoms with E-state index in [1.54, 1.807) is 18.2 Å². The Morgan fingerprint density at radius 1 is 1.18 bits per heavy atom. The fraction of sp³-hybridized carbons (Fsp3) is 0.133. The van der Waals surface area contributed by atoms with E-state index in [0.717, 1.165) is 0 Å². The molecule has 0 aromatic heterocycles. The number of nitro benzene ring substituents is 1. The van der Waals surface area contributed by atoms with Crippen LogP contribution in [-0.4, -0.2) is 27.9 Å². The van der Waals surface area contributed by atoms with Gasteiger partial charge in [0.1, 0.15) is 11.5 Å². The van der Waals surface area contributed by atoms with Crippen LogP contribution in [0, 0.1) is 10.1 Å². The molecule has 0 aliphatic carbocycles. The number of nitro groups is 1. The standard InChI is InChI=1S/C15H12N2O5/c1-16-14(18)12-7-6-11(8-13(12)15(16)19)22-10-4-2-9(3-5-10)17(20)21/h2-8,14,18H,1H3. The van der Waals surface area contributed by atoms with Gasteiger partial charge in [-0.15, -0.1) is 0 Å². The van der Waals surface area contributed by atoms with E-state index in [2.05, 4.69) is 0 Å². The summed E-state index contributed by atoms with van der Waals surface area (Å²) in [7, 11) is 1.52. The van der Waals surface area contributed by atoms with Crippen molar-refractivity contribution in [3.8, 4) is 11.5 Å². The van der Waals surface area contributed by atoms with Crippen molar-refractivity contribution in [3.05, 3.63) is 63.7 Å². The van der Waals surface area contributed by atoms with Gasteiger partial charge in [0.15, 0.2) is 6.23 Å². The largest absolute Gasteiger partial charge is 0.457 e. The smallest absolute Gasteiger partial charge is 0.269 e. The van der Waals surface area contributed by atoms with Crippen LogP contribution in [0.25, 0.3) is 0 Å². The van der Waals surface area contributed by atoms with Gasteiger partial charge in [0, 0.05) is 24.7 Å². The molecule has 0 spiro atoms. The van der Waals surface area contributed by atoms with E-state index < -0.39 is 11.2 Å². The minimum absolute atomic E-state index is 0.0266. The molecular weight excluding hydrogens is 288 g/mol. The lowest BCUT2D eigenvalue weighted by molar-refractivity contribution is -0.384. The molecular formula is C15H12N2O5. The zero-order chi connectivity index (χ0) is 15.9. The SMILES string of the molecule is CN1C(=O)c2cc(Oc3ccc([N+](=O)[O-])cc3)ccc2C1O. The highest BCUT2D eigenvalue weighted by Crippen LogP contribution is 2.34. The highest BCUT2D eigenvalue weighted by molar-refractivity contribution is 5.99. The summed E-state index contributed by atoms with van der Waals surface area (Å²) in [5.74, 6) is 0.560. The second-order valence-corrected chi connectivity index (χ2v) is 4.89. The zero-order valence-corrected chi connectivity index (χ0v) is 11.6. The number of hydrogen-bond donors (Lipinski definition) is 1. The molecule has 1 N–H and O–H groups in total. The second kappa shape index (κ2) is 5.12. The lowest BCUT2D eigenvalue weighted by Crippen LogP contribution is -2.22. The number of amides is 1. The summed E-state index contributed by atoms with van der Waals surface area (Å²) < 4.78 is 5.58. The van der Waals surface area contributed by atoms with Crippen molar-refractivity contribution < 1.29 is 19.6 Å². The van der Waals surface area contributed by atoms with Gasteiger partial charge in [0.05, 0.1) is 10.5 Å². The van der Waals surface area contributed by atoms with Crippen molar-refractivity contribution in [2.75, 3.05) is 7.05 Å². The molecule has 0 saturated heterocycles. The van der Waals surface area contributed by atoms with Crippen LogP contribution in [0.1, 0.15) is 22.1 Å². The topological polar surface area (TPSA) is 92.9 Å². The number of ether oxygens (including phenoxy) is 1. The molecule has 1 aliphatic rings. The molecule has 1 atom stereocenters. The summed E-state index contributed by atoms with van der Waals surface area (Å²) in [5.41, 5.74) is 0.888. The van der Waals surface area contributed by atoms with Crippen molar-refractivity contribution in [2.45, 2.75) is 6.23 Å². The first kappa shape index (κ1) is 14.0. The molecule has 3 rings (SSSR count). The van der Waals surface area contributed by atoms with E-state index in [1.807, 2.05) is 0 Å². The molecule has 112 valence electrons. The van der Waals surface area contributed by atoms with Crippen LogP contribution < -0.4 is 4.74 Å². The Morgan fingerprint density at radius 2 is 1.82 bits per heavy atom. The fourth-order valence-electron chi connectivity index (χ4n) is 2.29. The number of aliphatic hydroxyl groups is 1. The van der Waals surface area contributed by atoms with E-state index in [1.165, 1.54) is 36.2 Å². The molecule has 0 radical (unpaired) electrons. The lowest BCUT2D eigenvalue weighted by Gasteiger charge is -2.13. The van der Waals surface area contributed by atoms with Gasteiger partial charge >= 0.3 is 0 Å². The van der Waals surface area contributed by atoms with E-state index in [9.17, 15) is 20.0 Å². The maximum Gasteiger partial charge on any atom is 0.269 e. The van der Waals surface area contributed by atoms with Crippen LogP contribution in [0.4, 0.5) is 5.69 Å². The van der Waals surface area contributed by atoms with Crippen LogP contribution >= 0.6 is 0 Å². The molecule has 7 heteroatoms. The summed E-state index contributed by atoms with van der Waals surface area (Å²) in [6.45, 7) is 0. The monoisotopic (exact) mass is 300 g/mol. The average Bonchev–Trinajstić information content (AvgIpc) is 2.72. The van der Waals surface area contributed by atoms with Gasteiger partial charge in [-0.05, 0) is 24.3 Å². The van der Waals surface area contributed by atoms with Gasteiger partial charge in [-0.25, -0.2) is 0 Å². The highest BCUT2D eigenvalue weighted by Gasteiger charge is 2.32. The summed E-state index contributed by atoms with van der Waals surface area (Å²) in [6.07, 6.45) is -0.948. The van der Waals surface area contributed by atoms with Gasteiger partial charge in [-0.2, -0.15) is 0 Å². The first-order valence-corrected chi connectivity index (χ1v) is 6.49. The number of non-ortho nitro benzene ring substituents is 1. The number of nitrogens with zero attached hydrogens (tertiary/aromatic N) is 2. The Balaban J connectivity index is 1.85. The number of carbonyl (C=O) groups excluding carboxylic acids is 1. The first-order chi connectivity index (χ1) is 10.5. The number of aliphatic hydroxyl groups excluding tert-OH is 1. The maximum absolute atomic E-state index is 12.0.